The summed E-state index contributed by atoms with van der Waals surface area (Å²) in [5.74, 6) is 0. The molecule has 0 aliphatic heterocycles. The van der Waals surface area contributed by atoms with Crippen LogP contribution in [0.5, 0.6) is 0 Å². The number of nitrogens with one attached hydrogen (secondary N) is 1. The van der Waals surface area contributed by atoms with Crippen LogP contribution in [-0.4, -0.2) is 6.21 Å². The van der Waals surface area contributed by atoms with E-state index in [1.807, 2.05) is 20.8 Å². The van der Waals surface area contributed by atoms with Crippen LogP contribution in [0.4, 0.5) is 0 Å². The van der Waals surface area contributed by atoms with Crippen molar-refractivity contribution in [1.29, 1.82) is 5.41 Å². The summed E-state index contributed by atoms with van der Waals surface area (Å²) in [4.78, 5) is 0. The lowest BCUT2D eigenvalue weighted by Crippen LogP contribution is -1.91. The lowest BCUT2D eigenvalue weighted by molar-refractivity contribution is 1.19. The predicted molar refractivity (Wildman–Crippen MR) is 51.8 cm³/mol. The highest BCUT2D eigenvalue weighted by molar-refractivity contribution is 5.73. The van der Waals surface area contributed by atoms with Crippen molar-refractivity contribution in [2.24, 2.45) is 5.73 Å². The van der Waals surface area contributed by atoms with E-state index >= 15 is 0 Å². The highest BCUT2D eigenvalue weighted by Crippen LogP contribution is 1.90. The largest absolute Gasteiger partial charge is 0.402 e. The first-order valence-corrected chi connectivity index (χ1v) is 3.47. The second kappa shape index (κ2) is 7.06. The second-order valence-corrected chi connectivity index (χ2v) is 2.67. The van der Waals surface area contributed by atoms with Crippen LogP contribution >= 0.6 is 0 Å². The van der Waals surface area contributed by atoms with Crippen molar-refractivity contribution in [2.45, 2.75) is 27.7 Å². The fourth-order valence-electron chi connectivity index (χ4n) is 0. The van der Waals surface area contributed by atoms with Crippen LogP contribution in [0, 0.1) is 5.41 Å². The smallest absolute Gasteiger partial charge is 0.0201 e. The molecule has 0 aliphatic carbocycles. The van der Waals surface area contributed by atoms with E-state index in [9.17, 15) is 0 Å². The average molecular weight is 154 g/mol. The zero-order chi connectivity index (χ0) is 9.44. The van der Waals surface area contributed by atoms with E-state index in [2.05, 4.69) is 6.58 Å². The van der Waals surface area contributed by atoms with Gasteiger partial charge in [0.15, 0.2) is 0 Å². The third-order valence-corrected chi connectivity index (χ3v) is 1.04. The third kappa shape index (κ3) is 17.6. The lowest BCUT2D eigenvalue weighted by atomic mass is 10.3. The molecular weight excluding hydrogens is 136 g/mol. The summed E-state index contributed by atoms with van der Waals surface area (Å²) in [6, 6.07) is 0. The van der Waals surface area contributed by atoms with Gasteiger partial charge in [0, 0.05) is 11.9 Å². The Labute approximate surface area is 69.3 Å². The summed E-state index contributed by atoms with van der Waals surface area (Å²) in [5.41, 5.74) is 8.24. The van der Waals surface area contributed by atoms with Gasteiger partial charge in [-0.2, -0.15) is 0 Å². The molecule has 0 amide bonds. The zero-order valence-electron chi connectivity index (χ0n) is 7.86. The Balaban J connectivity index is 0. The van der Waals surface area contributed by atoms with Crippen molar-refractivity contribution in [3.05, 3.63) is 23.4 Å². The molecular formula is C9H18N2. The second-order valence-electron chi connectivity index (χ2n) is 2.67. The van der Waals surface area contributed by atoms with Gasteiger partial charge in [-0.3, -0.25) is 0 Å². The van der Waals surface area contributed by atoms with Crippen molar-refractivity contribution in [1.82, 2.24) is 0 Å². The molecule has 0 atom stereocenters. The fourth-order valence-corrected chi connectivity index (χ4v) is 0. The quantitative estimate of drug-likeness (QED) is 0.560. The van der Waals surface area contributed by atoms with Crippen LogP contribution in [0.25, 0.3) is 0 Å². The van der Waals surface area contributed by atoms with Gasteiger partial charge in [-0.05, 0) is 33.3 Å². The monoisotopic (exact) mass is 154 g/mol. The topological polar surface area (TPSA) is 49.9 Å². The van der Waals surface area contributed by atoms with E-state index in [1.54, 1.807) is 6.92 Å². The maximum atomic E-state index is 6.43. The predicted octanol–water partition coefficient (Wildman–Crippen LogP) is 2.47. The standard InChI is InChI=1S/C5H11N.C4H7N/c1-4(2)5(3)6;1-4(2)3-5/h6H2,1-3H3;3,5H,1H2,2H3. The van der Waals surface area contributed by atoms with E-state index in [0.717, 1.165) is 11.3 Å². The Morgan fingerprint density at radius 3 is 1.45 bits per heavy atom. The maximum Gasteiger partial charge on any atom is 0.0201 e. The summed E-state index contributed by atoms with van der Waals surface area (Å²) in [6.45, 7) is 11.1. The first-order chi connectivity index (χ1) is 4.91. The summed E-state index contributed by atoms with van der Waals surface area (Å²) in [6.07, 6.45) is 1.22. The first kappa shape index (κ1) is 12.6. The Hall–Kier alpha value is -1.05. The van der Waals surface area contributed by atoms with E-state index in [0.29, 0.717) is 0 Å². The first-order valence-electron chi connectivity index (χ1n) is 3.47. The molecule has 0 fully saturated rings. The van der Waals surface area contributed by atoms with Gasteiger partial charge < -0.3 is 11.1 Å². The Bertz CT molecular complexity index is 148. The Morgan fingerprint density at radius 1 is 1.27 bits per heavy atom. The highest BCUT2D eigenvalue weighted by atomic mass is 14.5. The van der Waals surface area contributed by atoms with Crippen molar-refractivity contribution < 1.29 is 0 Å². The van der Waals surface area contributed by atoms with Gasteiger partial charge in [-0.15, -0.1) is 0 Å². The van der Waals surface area contributed by atoms with Gasteiger partial charge >= 0.3 is 0 Å². The molecule has 2 nitrogen and oxygen atoms in total. The molecule has 64 valence electrons. The number of nitrogens with two attached hydrogens (primary N) is 1. The number of hydrogen-bond acceptors (Lipinski definition) is 2. The van der Waals surface area contributed by atoms with Gasteiger partial charge in [-0.25, -0.2) is 0 Å². The SMILES string of the molecule is C=C(C)C=N.CC(C)=C(C)N. The van der Waals surface area contributed by atoms with Crippen molar-refractivity contribution in [3.63, 3.8) is 0 Å². The Morgan fingerprint density at radius 2 is 1.45 bits per heavy atom. The molecule has 0 spiro atoms. The summed E-state index contributed by atoms with van der Waals surface area (Å²) < 4.78 is 0. The number of hydrogen-bond donors (Lipinski definition) is 2. The van der Waals surface area contributed by atoms with Gasteiger partial charge in [0.25, 0.3) is 0 Å². The number of allylic oxidation sites excluding steroid dienone is 3. The van der Waals surface area contributed by atoms with Gasteiger partial charge in [0.2, 0.25) is 0 Å². The van der Waals surface area contributed by atoms with E-state index < -0.39 is 0 Å². The molecule has 0 saturated carbocycles. The molecule has 2 heteroatoms. The van der Waals surface area contributed by atoms with Crippen molar-refractivity contribution in [3.8, 4) is 0 Å². The molecule has 0 aromatic heterocycles. The van der Waals surface area contributed by atoms with Crippen LogP contribution in [-0.2, 0) is 0 Å². The van der Waals surface area contributed by atoms with Crippen molar-refractivity contribution >= 4 is 6.21 Å². The van der Waals surface area contributed by atoms with E-state index in [4.69, 9.17) is 11.1 Å². The average Bonchev–Trinajstić information content (AvgIpc) is 1.89. The highest BCUT2D eigenvalue weighted by Gasteiger charge is 1.75. The van der Waals surface area contributed by atoms with E-state index in [1.165, 1.54) is 11.8 Å². The Kier molecular flexibility index (Phi) is 8.10. The van der Waals surface area contributed by atoms with Crippen LogP contribution in [0.3, 0.4) is 0 Å². The molecule has 3 N–H and O–H groups in total. The van der Waals surface area contributed by atoms with E-state index in [-0.39, 0.29) is 0 Å². The summed E-state index contributed by atoms with van der Waals surface area (Å²) in [7, 11) is 0. The summed E-state index contributed by atoms with van der Waals surface area (Å²) >= 11 is 0. The van der Waals surface area contributed by atoms with Crippen LogP contribution < -0.4 is 5.73 Å². The molecule has 0 aromatic rings. The number of rotatable bonds is 1. The minimum atomic E-state index is 0.796. The van der Waals surface area contributed by atoms with Gasteiger partial charge in [0.1, 0.15) is 0 Å². The maximum absolute atomic E-state index is 6.43. The van der Waals surface area contributed by atoms with Gasteiger partial charge in [-0.1, -0.05) is 12.2 Å². The minimum Gasteiger partial charge on any atom is -0.402 e. The molecule has 0 aromatic carbocycles. The van der Waals surface area contributed by atoms with Crippen LogP contribution in [0.2, 0.25) is 0 Å². The van der Waals surface area contributed by atoms with Crippen LogP contribution in [0.1, 0.15) is 27.7 Å². The molecule has 0 bridgehead atoms. The zero-order valence-corrected chi connectivity index (χ0v) is 7.86. The lowest BCUT2D eigenvalue weighted by Gasteiger charge is -1.88. The molecule has 0 radical (unpaired) electrons. The summed E-state index contributed by atoms with van der Waals surface area (Å²) in [5, 5.41) is 6.43. The molecule has 11 heavy (non-hydrogen) atoms. The molecule has 0 aliphatic rings. The molecule has 0 heterocycles. The normalized spacial score (nSPS) is 7.27. The third-order valence-electron chi connectivity index (χ3n) is 1.04. The minimum absolute atomic E-state index is 0.796. The van der Waals surface area contributed by atoms with Crippen molar-refractivity contribution in [2.75, 3.05) is 0 Å². The molecule has 0 rings (SSSR count). The molecule has 0 saturated heterocycles. The van der Waals surface area contributed by atoms with Crippen LogP contribution in [0.15, 0.2) is 23.4 Å². The molecule has 0 unspecified atom stereocenters. The fraction of sp³-hybridized carbons (Fsp3) is 0.444. The van der Waals surface area contributed by atoms with Gasteiger partial charge in [0.05, 0.1) is 0 Å².